The van der Waals surface area contributed by atoms with E-state index < -0.39 is 5.60 Å². The molecular weight excluding hydrogens is 270 g/mol. The molecule has 1 aliphatic heterocycles. The van der Waals surface area contributed by atoms with Gasteiger partial charge in [-0.1, -0.05) is 0 Å². The first kappa shape index (κ1) is 16.7. The second-order valence-corrected chi connectivity index (χ2v) is 4.79. The summed E-state index contributed by atoms with van der Waals surface area (Å²) in [5.41, 5.74) is 0.129. The van der Waals surface area contributed by atoms with Gasteiger partial charge in [-0.15, -0.1) is 0 Å². The van der Waals surface area contributed by atoms with Gasteiger partial charge in [-0.25, -0.2) is 0 Å². The number of methoxy groups -OCH3 is 1. The summed E-state index contributed by atoms with van der Waals surface area (Å²) in [5.74, 6) is 0.0836. The first-order chi connectivity index (χ1) is 10.0. The summed E-state index contributed by atoms with van der Waals surface area (Å²) in [6.07, 6.45) is 1.32. The summed E-state index contributed by atoms with van der Waals surface area (Å²) in [6.45, 7) is 4.36. The van der Waals surface area contributed by atoms with E-state index in [2.05, 4.69) is 0 Å². The smallest absolute Gasteiger partial charge is 0.172 e. The number of hydrogen-bond donors (Lipinski definition) is 0. The summed E-state index contributed by atoms with van der Waals surface area (Å²) in [4.78, 5) is 0. The maximum atomic E-state index is 9.24. The molecule has 0 N–H and O–H groups in total. The highest BCUT2D eigenvalue weighted by Gasteiger charge is 2.40. The average Bonchev–Trinajstić information content (AvgIpc) is 2.72. The van der Waals surface area contributed by atoms with Crippen molar-refractivity contribution in [1.29, 1.82) is 15.8 Å². The third-order valence-electron chi connectivity index (χ3n) is 3.43. The minimum Gasteiger partial charge on any atom is -0.480 e. The van der Waals surface area contributed by atoms with Gasteiger partial charge in [0.15, 0.2) is 11.3 Å². The largest absolute Gasteiger partial charge is 0.480 e. The average molecular weight is 287 g/mol. The van der Waals surface area contributed by atoms with Crippen LogP contribution in [0.4, 0.5) is 0 Å². The maximum absolute atomic E-state index is 9.24. The molecule has 1 heterocycles. The molecule has 21 heavy (non-hydrogen) atoms. The van der Waals surface area contributed by atoms with Gasteiger partial charge >= 0.3 is 0 Å². The van der Waals surface area contributed by atoms with Crippen LogP contribution in [0, 0.1) is 34.0 Å². The summed E-state index contributed by atoms with van der Waals surface area (Å²) in [5, 5.41) is 27.1. The zero-order valence-corrected chi connectivity index (χ0v) is 12.4. The van der Waals surface area contributed by atoms with E-state index in [4.69, 9.17) is 24.7 Å². The Kier molecular flexibility index (Phi) is 5.93. The lowest BCUT2D eigenvalue weighted by Crippen LogP contribution is -2.26. The second kappa shape index (κ2) is 7.45. The highest BCUT2D eigenvalue weighted by molar-refractivity contribution is 5.57. The van der Waals surface area contributed by atoms with Gasteiger partial charge in [-0.05, 0) is 32.3 Å². The molecule has 1 aliphatic rings. The molecule has 0 spiro atoms. The SMILES string of the molecule is COCOCCCC1(C)OC(=C(C#N)C#N)C(C#N)=C1C. The summed E-state index contributed by atoms with van der Waals surface area (Å²) >= 11 is 0. The number of allylic oxidation sites excluding steroid dienone is 2. The summed E-state index contributed by atoms with van der Waals surface area (Å²) in [6, 6.07) is 5.56. The fourth-order valence-corrected chi connectivity index (χ4v) is 2.12. The van der Waals surface area contributed by atoms with E-state index in [-0.39, 0.29) is 23.7 Å². The Hall–Kier alpha value is -2.33. The number of ether oxygens (including phenoxy) is 3. The van der Waals surface area contributed by atoms with E-state index in [0.29, 0.717) is 19.4 Å². The van der Waals surface area contributed by atoms with Gasteiger partial charge in [0, 0.05) is 13.7 Å². The zero-order valence-electron chi connectivity index (χ0n) is 12.4. The van der Waals surface area contributed by atoms with Crippen LogP contribution in [0.15, 0.2) is 22.5 Å². The van der Waals surface area contributed by atoms with Gasteiger partial charge < -0.3 is 14.2 Å². The van der Waals surface area contributed by atoms with Gasteiger partial charge in [0.2, 0.25) is 0 Å². The number of hydrogen-bond acceptors (Lipinski definition) is 6. The van der Waals surface area contributed by atoms with E-state index in [9.17, 15) is 5.26 Å². The van der Waals surface area contributed by atoms with E-state index in [0.717, 1.165) is 5.57 Å². The lowest BCUT2D eigenvalue weighted by molar-refractivity contribution is -0.0367. The van der Waals surface area contributed by atoms with Crippen molar-refractivity contribution in [3.8, 4) is 18.2 Å². The molecule has 6 heteroatoms. The van der Waals surface area contributed by atoms with Crippen molar-refractivity contribution in [2.45, 2.75) is 32.3 Å². The van der Waals surface area contributed by atoms with Gasteiger partial charge in [0.05, 0.1) is 5.57 Å². The van der Waals surface area contributed by atoms with Crippen LogP contribution in [-0.4, -0.2) is 26.1 Å². The van der Waals surface area contributed by atoms with Crippen LogP contribution in [0.2, 0.25) is 0 Å². The van der Waals surface area contributed by atoms with Crippen LogP contribution in [-0.2, 0) is 14.2 Å². The molecule has 0 fully saturated rings. The molecule has 1 rings (SSSR count). The third-order valence-corrected chi connectivity index (χ3v) is 3.43. The topological polar surface area (TPSA) is 99.1 Å². The van der Waals surface area contributed by atoms with E-state index >= 15 is 0 Å². The minimum absolute atomic E-state index is 0.0836. The van der Waals surface area contributed by atoms with Gasteiger partial charge in [-0.2, -0.15) is 15.8 Å². The Morgan fingerprint density at radius 2 is 1.95 bits per heavy atom. The Bertz CT molecular complexity index is 571. The van der Waals surface area contributed by atoms with Crippen molar-refractivity contribution < 1.29 is 14.2 Å². The molecule has 0 saturated heterocycles. The quantitative estimate of drug-likeness (QED) is 0.422. The highest BCUT2D eigenvalue weighted by atomic mass is 16.7. The number of nitriles is 3. The van der Waals surface area contributed by atoms with Crippen LogP contribution in [0.1, 0.15) is 26.7 Å². The van der Waals surface area contributed by atoms with Crippen molar-refractivity contribution in [2.75, 3.05) is 20.5 Å². The van der Waals surface area contributed by atoms with Gasteiger partial charge in [0.25, 0.3) is 0 Å². The van der Waals surface area contributed by atoms with Crippen molar-refractivity contribution in [3.63, 3.8) is 0 Å². The maximum Gasteiger partial charge on any atom is 0.172 e. The summed E-state index contributed by atoms with van der Waals surface area (Å²) in [7, 11) is 1.55. The predicted octanol–water partition coefficient (Wildman–Crippen LogP) is 2.32. The number of rotatable bonds is 6. The normalized spacial score (nSPS) is 20.5. The molecule has 1 unspecified atom stereocenters. The Balaban J connectivity index is 2.91. The molecule has 0 radical (unpaired) electrons. The molecule has 0 bridgehead atoms. The molecule has 0 aromatic carbocycles. The van der Waals surface area contributed by atoms with Crippen LogP contribution in [0.25, 0.3) is 0 Å². The van der Waals surface area contributed by atoms with Crippen LogP contribution in [0.5, 0.6) is 0 Å². The van der Waals surface area contributed by atoms with Crippen LogP contribution >= 0.6 is 0 Å². The molecule has 6 nitrogen and oxygen atoms in total. The highest BCUT2D eigenvalue weighted by Crippen LogP contribution is 2.41. The fourth-order valence-electron chi connectivity index (χ4n) is 2.12. The van der Waals surface area contributed by atoms with Crippen molar-refractivity contribution in [2.24, 2.45) is 0 Å². The molecule has 0 aromatic heterocycles. The summed E-state index contributed by atoms with van der Waals surface area (Å²) < 4.78 is 15.8. The van der Waals surface area contributed by atoms with E-state index in [1.165, 1.54) is 0 Å². The van der Waals surface area contributed by atoms with Crippen LogP contribution < -0.4 is 0 Å². The van der Waals surface area contributed by atoms with Gasteiger partial charge in [-0.3, -0.25) is 0 Å². The Labute approximate surface area is 124 Å². The Morgan fingerprint density at radius 1 is 1.29 bits per heavy atom. The van der Waals surface area contributed by atoms with E-state index in [1.807, 2.05) is 13.0 Å². The Morgan fingerprint density at radius 3 is 2.48 bits per heavy atom. The number of nitrogens with zero attached hydrogens (tertiary/aromatic N) is 3. The molecular formula is C15H17N3O3. The standard InChI is InChI=1S/C15H17N3O3/c1-11-13(9-18)14(12(7-16)8-17)21-15(11,2)5-4-6-20-10-19-3/h4-6,10H2,1-3H3. The molecule has 0 amide bonds. The predicted molar refractivity (Wildman–Crippen MR) is 73.1 cm³/mol. The first-order valence-electron chi connectivity index (χ1n) is 6.46. The van der Waals surface area contributed by atoms with Crippen molar-refractivity contribution in [3.05, 3.63) is 22.5 Å². The molecule has 0 aromatic rings. The monoisotopic (exact) mass is 287 g/mol. The lowest BCUT2D eigenvalue weighted by atomic mass is 9.90. The zero-order chi connectivity index (χ0) is 15.9. The molecule has 1 atom stereocenters. The van der Waals surface area contributed by atoms with Crippen molar-refractivity contribution >= 4 is 0 Å². The fraction of sp³-hybridized carbons (Fsp3) is 0.533. The first-order valence-corrected chi connectivity index (χ1v) is 6.46. The third kappa shape index (κ3) is 3.61. The van der Waals surface area contributed by atoms with E-state index in [1.54, 1.807) is 26.2 Å². The second-order valence-electron chi connectivity index (χ2n) is 4.79. The molecule has 110 valence electrons. The molecule has 0 saturated carbocycles. The van der Waals surface area contributed by atoms with Gasteiger partial charge in [0.1, 0.15) is 30.6 Å². The molecule has 0 aliphatic carbocycles. The minimum atomic E-state index is -0.699. The van der Waals surface area contributed by atoms with Crippen LogP contribution in [0.3, 0.4) is 0 Å². The van der Waals surface area contributed by atoms with Crippen molar-refractivity contribution in [1.82, 2.24) is 0 Å². The lowest BCUT2D eigenvalue weighted by Gasteiger charge is -2.26.